The minimum Gasteiger partial charge on any atom is -0.496 e. The molecule has 25 heavy (non-hydrogen) atoms. The molecule has 0 aliphatic carbocycles. The van der Waals surface area contributed by atoms with Gasteiger partial charge >= 0.3 is 0 Å². The summed E-state index contributed by atoms with van der Waals surface area (Å²) in [5.74, 6) is -0.268. The molecule has 0 spiro atoms. The van der Waals surface area contributed by atoms with Gasteiger partial charge in [0.05, 0.1) is 12.7 Å². The number of aryl methyl sites for hydroxylation is 1. The van der Waals surface area contributed by atoms with Crippen molar-refractivity contribution in [1.82, 2.24) is 4.90 Å². The predicted molar refractivity (Wildman–Crippen MR) is 97.3 cm³/mol. The van der Waals surface area contributed by atoms with E-state index in [1.165, 1.54) is 25.3 Å². The number of anilines is 1. The van der Waals surface area contributed by atoms with Gasteiger partial charge < -0.3 is 14.5 Å². The molecule has 0 aromatic heterocycles. The van der Waals surface area contributed by atoms with Crippen molar-refractivity contribution in [3.8, 4) is 5.75 Å². The van der Waals surface area contributed by atoms with Crippen LogP contribution in [0, 0.1) is 12.7 Å². The standard InChI is InChI=1S/C19H20ClFN2O2/c1-13-3-4-14(20)11-17(13)22-7-9-23(10-8-22)19(24)16-12-15(21)5-6-18(16)25-2/h3-6,11-12H,7-10H2,1-2H3. The molecule has 0 bridgehead atoms. The van der Waals surface area contributed by atoms with E-state index >= 15 is 0 Å². The topological polar surface area (TPSA) is 32.8 Å². The van der Waals surface area contributed by atoms with Crippen molar-refractivity contribution in [1.29, 1.82) is 0 Å². The van der Waals surface area contributed by atoms with Crippen molar-refractivity contribution >= 4 is 23.2 Å². The third kappa shape index (κ3) is 3.71. The third-order valence-electron chi connectivity index (χ3n) is 4.47. The molecule has 1 fully saturated rings. The van der Waals surface area contributed by atoms with E-state index in [1.54, 1.807) is 4.90 Å². The molecular weight excluding hydrogens is 343 g/mol. The van der Waals surface area contributed by atoms with E-state index in [0.29, 0.717) is 37.0 Å². The lowest BCUT2D eigenvalue weighted by molar-refractivity contribution is 0.0743. The van der Waals surface area contributed by atoms with Gasteiger partial charge in [-0.05, 0) is 42.8 Å². The monoisotopic (exact) mass is 362 g/mol. The normalized spacial score (nSPS) is 14.6. The van der Waals surface area contributed by atoms with Crippen molar-refractivity contribution < 1.29 is 13.9 Å². The van der Waals surface area contributed by atoms with Crippen LogP contribution in [-0.4, -0.2) is 44.1 Å². The summed E-state index contributed by atoms with van der Waals surface area (Å²) in [5.41, 5.74) is 2.49. The lowest BCUT2D eigenvalue weighted by Gasteiger charge is -2.37. The van der Waals surface area contributed by atoms with E-state index in [1.807, 2.05) is 25.1 Å². The first-order chi connectivity index (χ1) is 12.0. The average molecular weight is 363 g/mol. The molecule has 2 aromatic rings. The molecule has 0 unspecified atom stereocenters. The predicted octanol–water partition coefficient (Wildman–Crippen LogP) is 3.76. The van der Waals surface area contributed by atoms with Gasteiger partial charge in [-0.3, -0.25) is 4.79 Å². The summed E-state index contributed by atoms with van der Waals surface area (Å²) in [7, 11) is 1.48. The zero-order chi connectivity index (χ0) is 18.0. The SMILES string of the molecule is COc1ccc(F)cc1C(=O)N1CCN(c2cc(Cl)ccc2C)CC1. The highest BCUT2D eigenvalue weighted by atomic mass is 35.5. The maximum atomic E-state index is 13.5. The molecule has 0 saturated carbocycles. The summed E-state index contributed by atoms with van der Waals surface area (Å²) in [6.07, 6.45) is 0. The fourth-order valence-electron chi connectivity index (χ4n) is 3.09. The van der Waals surface area contributed by atoms with Crippen LogP contribution in [0.5, 0.6) is 5.75 Å². The number of piperazine rings is 1. The number of hydrogen-bond donors (Lipinski definition) is 0. The van der Waals surface area contributed by atoms with Gasteiger partial charge in [0, 0.05) is 36.9 Å². The van der Waals surface area contributed by atoms with Crippen LogP contribution >= 0.6 is 11.6 Å². The van der Waals surface area contributed by atoms with E-state index in [9.17, 15) is 9.18 Å². The van der Waals surface area contributed by atoms with Crippen LogP contribution < -0.4 is 9.64 Å². The Balaban J connectivity index is 1.73. The molecule has 3 rings (SSSR count). The molecule has 4 nitrogen and oxygen atoms in total. The summed E-state index contributed by atoms with van der Waals surface area (Å²) in [6.45, 7) is 4.56. The Kier molecular flexibility index (Phi) is 5.13. The van der Waals surface area contributed by atoms with Gasteiger partial charge in [-0.15, -0.1) is 0 Å². The molecular formula is C19H20ClFN2O2. The van der Waals surface area contributed by atoms with Crippen LogP contribution in [0.4, 0.5) is 10.1 Å². The molecule has 6 heteroatoms. The van der Waals surface area contributed by atoms with Gasteiger partial charge in [0.25, 0.3) is 5.91 Å². The van der Waals surface area contributed by atoms with Crippen molar-refractivity contribution in [2.45, 2.75) is 6.92 Å². The van der Waals surface area contributed by atoms with E-state index in [4.69, 9.17) is 16.3 Å². The highest BCUT2D eigenvalue weighted by Crippen LogP contribution is 2.26. The summed E-state index contributed by atoms with van der Waals surface area (Å²) >= 11 is 6.10. The molecule has 1 heterocycles. The van der Waals surface area contributed by atoms with Gasteiger partial charge in [-0.25, -0.2) is 4.39 Å². The van der Waals surface area contributed by atoms with Crippen LogP contribution in [-0.2, 0) is 0 Å². The second-order valence-electron chi connectivity index (χ2n) is 6.05. The molecule has 1 amide bonds. The second kappa shape index (κ2) is 7.31. The Morgan fingerprint density at radius 2 is 1.84 bits per heavy atom. The van der Waals surface area contributed by atoms with Crippen molar-refractivity contribution in [3.05, 3.63) is 58.4 Å². The number of hydrogen-bond acceptors (Lipinski definition) is 3. The number of amides is 1. The third-order valence-corrected chi connectivity index (χ3v) is 4.71. The first kappa shape index (κ1) is 17.5. The number of methoxy groups -OCH3 is 1. The van der Waals surface area contributed by atoms with Crippen LogP contribution in [0.3, 0.4) is 0 Å². The Hall–Kier alpha value is -2.27. The largest absolute Gasteiger partial charge is 0.496 e. The van der Waals surface area contributed by atoms with Crippen LogP contribution in [0.25, 0.3) is 0 Å². The average Bonchev–Trinajstić information content (AvgIpc) is 2.63. The molecule has 1 aliphatic rings. The number of rotatable bonds is 3. The van der Waals surface area contributed by atoms with Gasteiger partial charge in [0.1, 0.15) is 11.6 Å². The lowest BCUT2D eigenvalue weighted by atomic mass is 10.1. The number of benzene rings is 2. The van der Waals surface area contributed by atoms with Crippen molar-refractivity contribution in [2.24, 2.45) is 0 Å². The van der Waals surface area contributed by atoms with E-state index in [2.05, 4.69) is 4.90 Å². The molecule has 0 atom stereocenters. The maximum absolute atomic E-state index is 13.5. The molecule has 132 valence electrons. The number of ether oxygens (including phenoxy) is 1. The number of nitrogens with zero attached hydrogens (tertiary/aromatic N) is 2. The highest BCUT2D eigenvalue weighted by molar-refractivity contribution is 6.30. The zero-order valence-electron chi connectivity index (χ0n) is 14.3. The van der Waals surface area contributed by atoms with Crippen molar-refractivity contribution in [3.63, 3.8) is 0 Å². The van der Waals surface area contributed by atoms with Gasteiger partial charge in [0.2, 0.25) is 0 Å². The molecule has 0 radical (unpaired) electrons. The summed E-state index contributed by atoms with van der Waals surface area (Å²) < 4.78 is 18.7. The van der Waals surface area contributed by atoms with Gasteiger partial charge in [0.15, 0.2) is 0 Å². The minimum atomic E-state index is -0.447. The van der Waals surface area contributed by atoms with Crippen LogP contribution in [0.1, 0.15) is 15.9 Å². The number of halogens is 2. The van der Waals surface area contributed by atoms with Gasteiger partial charge in [-0.2, -0.15) is 0 Å². The highest BCUT2D eigenvalue weighted by Gasteiger charge is 2.25. The Morgan fingerprint density at radius 3 is 2.52 bits per heavy atom. The van der Waals surface area contributed by atoms with E-state index in [-0.39, 0.29) is 11.5 Å². The van der Waals surface area contributed by atoms with E-state index < -0.39 is 5.82 Å². The van der Waals surface area contributed by atoms with Gasteiger partial charge in [-0.1, -0.05) is 17.7 Å². The smallest absolute Gasteiger partial charge is 0.257 e. The van der Waals surface area contributed by atoms with Crippen LogP contribution in [0.2, 0.25) is 5.02 Å². The van der Waals surface area contributed by atoms with Crippen LogP contribution in [0.15, 0.2) is 36.4 Å². The van der Waals surface area contributed by atoms with E-state index in [0.717, 1.165) is 11.3 Å². The molecule has 2 aromatic carbocycles. The quantitative estimate of drug-likeness (QED) is 0.833. The first-order valence-electron chi connectivity index (χ1n) is 8.13. The number of carbonyl (C=O) groups is 1. The fraction of sp³-hybridized carbons (Fsp3) is 0.316. The Labute approximate surface area is 151 Å². The number of carbonyl (C=O) groups excluding carboxylic acids is 1. The second-order valence-corrected chi connectivity index (χ2v) is 6.49. The molecule has 0 N–H and O–H groups in total. The molecule has 1 saturated heterocycles. The summed E-state index contributed by atoms with van der Waals surface area (Å²) in [5, 5.41) is 0.698. The Morgan fingerprint density at radius 1 is 1.12 bits per heavy atom. The Bertz CT molecular complexity index is 789. The summed E-state index contributed by atoms with van der Waals surface area (Å²) in [4.78, 5) is 16.7. The van der Waals surface area contributed by atoms with Crippen molar-refractivity contribution in [2.75, 3.05) is 38.2 Å². The fourth-order valence-corrected chi connectivity index (χ4v) is 3.26. The minimum absolute atomic E-state index is 0.209. The first-order valence-corrected chi connectivity index (χ1v) is 8.51. The summed E-state index contributed by atoms with van der Waals surface area (Å²) in [6, 6.07) is 9.81. The zero-order valence-corrected chi connectivity index (χ0v) is 15.0. The molecule has 1 aliphatic heterocycles. The maximum Gasteiger partial charge on any atom is 0.257 e. The lowest BCUT2D eigenvalue weighted by Crippen LogP contribution is -2.49.